The Morgan fingerprint density at radius 3 is 1.24 bits per heavy atom. The zero-order chi connectivity index (χ0) is 48.4. The second kappa shape index (κ2) is 29.5. The number of carbonyl (C=O) groups excluding carboxylic acids is 2. The van der Waals surface area contributed by atoms with Crippen molar-refractivity contribution in [1.29, 1.82) is 0 Å². The molecule has 0 bridgehead atoms. The maximum absolute atomic E-state index is 11.9. The van der Waals surface area contributed by atoms with Crippen LogP contribution in [-0.4, -0.2) is 141 Å². The van der Waals surface area contributed by atoms with Gasteiger partial charge in [0.15, 0.2) is 5.78 Å². The van der Waals surface area contributed by atoms with Gasteiger partial charge in [-0.25, -0.2) is 9.59 Å². The molecule has 3 rings (SSSR count). The summed E-state index contributed by atoms with van der Waals surface area (Å²) in [5, 5.41) is 116. The molecule has 31 heteroatoms. The molecule has 0 fully saturated rings. The molecule has 62 heavy (non-hydrogen) atoms. The smallest absolute Gasteiger partial charge is 0.481 e. The molecule has 0 spiro atoms. The van der Waals surface area contributed by atoms with Gasteiger partial charge in [0.05, 0.1) is 26.9 Å². The fourth-order valence-corrected chi connectivity index (χ4v) is 3.81. The van der Waals surface area contributed by atoms with Crippen LogP contribution in [0.2, 0.25) is 0 Å². The summed E-state index contributed by atoms with van der Waals surface area (Å²) in [6, 6.07) is 8.87. The molecule has 0 saturated heterocycles. The molecule has 0 radical (unpaired) electrons. The number of aliphatic carboxylic acids is 3. The number of Topliss-reactive ketones (excluding diaryl/α,β-unsaturated/α-hetero) is 1. The zero-order valence-corrected chi connectivity index (χ0v) is 32.5. The van der Waals surface area contributed by atoms with Crippen LogP contribution in [0.5, 0.6) is 0 Å². The molecular weight excluding hydrogens is 864 g/mol. The predicted octanol–water partition coefficient (Wildman–Crippen LogP) is -2.52. The highest BCUT2D eigenvalue weighted by Crippen LogP contribution is 2.16. The molecule has 334 valence electrons. The molecule has 0 aromatic heterocycles. The van der Waals surface area contributed by atoms with Crippen LogP contribution in [0.15, 0.2) is 54.6 Å². The zero-order valence-electron chi connectivity index (χ0n) is 31.7. The van der Waals surface area contributed by atoms with Gasteiger partial charge in [-0.15, -0.1) is 0 Å². The van der Waals surface area contributed by atoms with Gasteiger partial charge < -0.3 is 61.0 Å². The minimum absolute atomic E-state index is 0.0122. The first-order valence-electron chi connectivity index (χ1n) is 16.5. The van der Waals surface area contributed by atoms with Crippen molar-refractivity contribution < 1.29 is 98.8 Å². The van der Waals surface area contributed by atoms with Crippen molar-refractivity contribution >= 4 is 101 Å². The number of ketones is 1. The van der Waals surface area contributed by atoms with E-state index in [9.17, 15) is 59.1 Å². The minimum atomic E-state index is -1.94. The van der Waals surface area contributed by atoms with Crippen LogP contribution in [0.1, 0.15) is 57.3 Å². The van der Waals surface area contributed by atoms with E-state index in [1.54, 1.807) is 6.92 Å². The molecule has 0 aliphatic heterocycles. The van der Waals surface area contributed by atoms with E-state index < -0.39 is 94.7 Å². The molecule has 0 saturated carbocycles. The average Bonchev–Trinajstić information content (AvgIpc) is 3.20. The molecule has 0 unspecified atom stereocenters. The van der Waals surface area contributed by atoms with Gasteiger partial charge in [0.1, 0.15) is 6.61 Å². The van der Waals surface area contributed by atoms with Crippen LogP contribution in [0.25, 0.3) is 0 Å². The van der Waals surface area contributed by atoms with Gasteiger partial charge in [-0.1, -0.05) is 13.0 Å². The Bertz CT molecular complexity index is 1910. The fourth-order valence-electron chi connectivity index (χ4n) is 3.70. The number of nitro benzene ring substituents is 3. The number of nitrogens with zero attached hydrogens (tertiary/aromatic N) is 3. The first kappa shape index (κ1) is 57.3. The molecule has 12 N–H and O–H groups in total. The molecule has 3 aromatic carbocycles. The maximum atomic E-state index is 11.9. The Kier molecular flexibility index (Phi) is 27.2. The molecular formula is C31H36B3ClN4O23. The van der Waals surface area contributed by atoms with Crippen molar-refractivity contribution in [2.45, 2.75) is 26.2 Å². The van der Waals surface area contributed by atoms with E-state index in [2.05, 4.69) is 5.73 Å². The molecule has 3 aromatic rings. The summed E-state index contributed by atoms with van der Waals surface area (Å²) in [6.45, 7) is 0.913. The predicted molar refractivity (Wildman–Crippen MR) is 213 cm³/mol. The number of non-ortho nitro benzene ring substituents is 3. The van der Waals surface area contributed by atoms with E-state index in [1.807, 2.05) is 0 Å². The maximum Gasteiger partial charge on any atom is 0.488 e. The van der Waals surface area contributed by atoms with Gasteiger partial charge in [0.25, 0.3) is 22.3 Å². The number of halogens is 1. The topological polar surface area (TPSA) is 469 Å². The van der Waals surface area contributed by atoms with E-state index in [4.69, 9.17) is 66.9 Å². The number of hydrogen-bond donors (Lipinski definition) is 11. The lowest BCUT2D eigenvalue weighted by Gasteiger charge is -2.05. The van der Waals surface area contributed by atoms with E-state index in [-0.39, 0.29) is 65.5 Å². The first-order valence-corrected chi connectivity index (χ1v) is 16.9. The van der Waals surface area contributed by atoms with Crippen molar-refractivity contribution in [1.82, 2.24) is 0 Å². The van der Waals surface area contributed by atoms with Gasteiger partial charge >= 0.3 is 45.2 Å². The van der Waals surface area contributed by atoms with Crippen molar-refractivity contribution in [2.75, 3.05) is 19.8 Å². The Labute approximate surface area is 353 Å². The summed E-state index contributed by atoms with van der Waals surface area (Å²) in [6.07, 6.45) is 0.452. The summed E-state index contributed by atoms with van der Waals surface area (Å²) >= 11 is 5.13. The summed E-state index contributed by atoms with van der Waals surface area (Å²) in [5.41, 5.74) is 2.13. The van der Waals surface area contributed by atoms with E-state index in [1.165, 1.54) is 0 Å². The molecule has 0 aliphatic rings. The summed E-state index contributed by atoms with van der Waals surface area (Å²) in [5.74, 6) is -4.65. The van der Waals surface area contributed by atoms with Gasteiger partial charge in [-0.3, -0.25) is 49.5 Å². The Morgan fingerprint density at radius 1 is 0.613 bits per heavy atom. The van der Waals surface area contributed by atoms with Crippen molar-refractivity contribution in [3.63, 3.8) is 0 Å². The normalized spacial score (nSPS) is 9.56. The van der Waals surface area contributed by atoms with Crippen molar-refractivity contribution in [3.8, 4) is 0 Å². The summed E-state index contributed by atoms with van der Waals surface area (Å²) in [4.78, 5) is 91.4. The van der Waals surface area contributed by atoms with Crippen molar-refractivity contribution in [2.24, 2.45) is 5.73 Å². The molecule has 27 nitrogen and oxygen atoms in total. The summed E-state index contributed by atoms with van der Waals surface area (Å²) < 4.78 is 4.77. The largest absolute Gasteiger partial charge is 0.488 e. The van der Waals surface area contributed by atoms with Crippen LogP contribution in [0.4, 0.5) is 17.1 Å². The van der Waals surface area contributed by atoms with Crippen LogP contribution in [-0.2, 0) is 19.1 Å². The Hall–Kier alpha value is -6.76. The van der Waals surface area contributed by atoms with Gasteiger partial charge in [0, 0.05) is 67.0 Å². The van der Waals surface area contributed by atoms with Crippen molar-refractivity contribution in [3.05, 3.63) is 102 Å². The minimum Gasteiger partial charge on any atom is -0.481 e. The number of hydrogen-bond acceptors (Lipinski definition) is 20. The van der Waals surface area contributed by atoms with E-state index in [0.717, 1.165) is 54.6 Å². The van der Waals surface area contributed by atoms with Crippen LogP contribution in [0, 0.1) is 30.3 Å². The molecule has 0 aliphatic carbocycles. The molecule has 0 heterocycles. The Balaban J connectivity index is 0. The van der Waals surface area contributed by atoms with Gasteiger partial charge in [-0.05, 0) is 46.5 Å². The SMILES string of the molecule is CCC(=O)O.NCC(=O)O.O=C(Cl)c1cc(B(O)O)cc([N+](=O)[O-])c1.O=C(O)COCCCC(=O)c1cc(B(O)O)cc([N+](=O)[O-])c1.O=C(O)c1cc(B(O)O)cc([N+](=O)[O-])c1. The molecule has 0 atom stereocenters. The number of carboxylic acids is 4. The number of aromatic carboxylic acids is 1. The van der Waals surface area contributed by atoms with E-state index in [0.29, 0.717) is 0 Å². The standard InChI is InChI=1S/C12H14BNO8.C7H5BClNO5.C7H6BNO6.C3H6O2.C2H5NO2/c15-11(2-1-3-22-7-12(16)17)8-4-9(13(18)19)6-10(5-8)14(20)21;9-7(11)4-1-5(8(12)13)3-6(2-4)10(14)15;10-7(11)4-1-5(8(12)13)3-6(2-4)9(14)15;1-2-3(4)5;3-1-2(4)5/h4-6,18-19H,1-3,7H2,(H,16,17);1-3,12-13H;1-3,12-13H,(H,10,11);2H2,1H3,(H,4,5);1,3H2,(H,4,5). The lowest BCUT2D eigenvalue weighted by Crippen LogP contribution is -2.30. The number of carbonyl (C=O) groups is 6. The number of ether oxygens (including phenoxy) is 1. The monoisotopic (exact) mass is 900 g/mol. The van der Waals surface area contributed by atoms with Gasteiger partial charge in [-0.2, -0.15) is 0 Å². The van der Waals surface area contributed by atoms with E-state index >= 15 is 0 Å². The molecule has 0 amide bonds. The van der Waals surface area contributed by atoms with Crippen LogP contribution < -0.4 is 22.1 Å². The first-order chi connectivity index (χ1) is 28.7. The third-order valence-corrected chi connectivity index (χ3v) is 6.76. The van der Waals surface area contributed by atoms with Gasteiger partial charge in [0.2, 0.25) is 0 Å². The summed E-state index contributed by atoms with van der Waals surface area (Å²) in [7, 11) is -5.76. The highest BCUT2D eigenvalue weighted by molar-refractivity contribution is 6.68. The lowest BCUT2D eigenvalue weighted by atomic mass is 9.79. The Morgan fingerprint density at radius 2 is 0.952 bits per heavy atom. The quantitative estimate of drug-likeness (QED) is 0.0166. The highest BCUT2D eigenvalue weighted by atomic mass is 35.5. The number of nitrogens with two attached hydrogens (primary N) is 1. The number of benzene rings is 3. The highest BCUT2D eigenvalue weighted by Gasteiger charge is 2.22. The average molecular weight is 901 g/mol. The van der Waals surface area contributed by atoms with Crippen LogP contribution in [0.3, 0.4) is 0 Å². The second-order valence-electron chi connectivity index (χ2n) is 11.2. The van der Waals surface area contributed by atoms with Crippen LogP contribution >= 0.6 is 11.6 Å². The lowest BCUT2D eigenvalue weighted by molar-refractivity contribution is -0.385. The third kappa shape index (κ3) is 24.4. The third-order valence-electron chi connectivity index (χ3n) is 6.54. The number of carboxylic acid groups (broad SMARTS) is 4. The number of nitro groups is 3. The fraction of sp³-hybridized carbons (Fsp3) is 0.226. The number of rotatable bonds is 17. The second-order valence-corrected chi connectivity index (χ2v) is 11.6.